The molecule has 0 aliphatic heterocycles. The summed E-state index contributed by atoms with van der Waals surface area (Å²) in [6, 6.07) is 14.8. The van der Waals surface area contributed by atoms with Gasteiger partial charge in [0.05, 0.1) is 11.3 Å². The van der Waals surface area contributed by atoms with Crippen molar-refractivity contribution in [3.8, 4) is 0 Å². The standard InChI is InChI=1S/C21H17N3O3S/c1-22-19(25)14-8-6-13(7-9-14)10-15-12-28-21(23-15)24-20(26)17-11-27-18-5-3-2-4-16(17)18/h2-9,11-12H,10H2,1H3,(H,22,25)(H,23,24,26). The number of hydrogen-bond donors (Lipinski definition) is 2. The van der Waals surface area contributed by atoms with Crippen molar-refractivity contribution in [3.05, 3.63) is 82.6 Å². The first kappa shape index (κ1) is 17.9. The molecule has 2 aromatic carbocycles. The molecule has 28 heavy (non-hydrogen) atoms. The number of hydrogen-bond acceptors (Lipinski definition) is 5. The smallest absolute Gasteiger partial charge is 0.261 e. The number of furan rings is 1. The zero-order valence-electron chi connectivity index (χ0n) is 15.1. The summed E-state index contributed by atoms with van der Waals surface area (Å²) < 4.78 is 5.42. The van der Waals surface area contributed by atoms with Gasteiger partial charge < -0.3 is 9.73 Å². The number of fused-ring (bicyclic) bond motifs is 1. The fourth-order valence-corrected chi connectivity index (χ4v) is 3.60. The van der Waals surface area contributed by atoms with Crippen LogP contribution < -0.4 is 10.6 Å². The van der Waals surface area contributed by atoms with Crippen molar-refractivity contribution < 1.29 is 14.0 Å². The molecule has 2 heterocycles. The SMILES string of the molecule is CNC(=O)c1ccc(Cc2csc(NC(=O)c3coc4ccccc34)n2)cc1. The Morgan fingerprint density at radius 3 is 2.64 bits per heavy atom. The summed E-state index contributed by atoms with van der Waals surface area (Å²) in [5.41, 5.74) is 3.66. The van der Waals surface area contributed by atoms with Crippen molar-refractivity contribution in [1.82, 2.24) is 10.3 Å². The van der Waals surface area contributed by atoms with Crippen molar-refractivity contribution in [2.75, 3.05) is 12.4 Å². The molecule has 0 spiro atoms. The average molecular weight is 391 g/mol. The van der Waals surface area contributed by atoms with Crippen molar-refractivity contribution in [1.29, 1.82) is 0 Å². The van der Waals surface area contributed by atoms with E-state index in [1.54, 1.807) is 19.2 Å². The maximum absolute atomic E-state index is 12.5. The van der Waals surface area contributed by atoms with E-state index in [9.17, 15) is 9.59 Å². The molecule has 2 amide bonds. The highest BCUT2D eigenvalue weighted by Gasteiger charge is 2.15. The molecule has 0 unspecified atom stereocenters. The first-order valence-corrected chi connectivity index (χ1v) is 9.55. The fraction of sp³-hybridized carbons (Fsp3) is 0.0952. The second kappa shape index (κ2) is 7.66. The van der Waals surface area contributed by atoms with E-state index >= 15 is 0 Å². The molecular formula is C21H17N3O3S. The number of benzene rings is 2. The summed E-state index contributed by atoms with van der Waals surface area (Å²) in [7, 11) is 1.60. The summed E-state index contributed by atoms with van der Waals surface area (Å²) in [4.78, 5) is 28.6. The number of amides is 2. The summed E-state index contributed by atoms with van der Waals surface area (Å²) in [5, 5.41) is 8.65. The van der Waals surface area contributed by atoms with E-state index in [0.29, 0.717) is 28.3 Å². The monoisotopic (exact) mass is 391 g/mol. The highest BCUT2D eigenvalue weighted by Crippen LogP contribution is 2.23. The molecule has 0 saturated carbocycles. The molecule has 0 radical (unpaired) electrons. The quantitative estimate of drug-likeness (QED) is 0.537. The van der Waals surface area contributed by atoms with Gasteiger partial charge in [-0.2, -0.15) is 0 Å². The fourth-order valence-electron chi connectivity index (χ4n) is 2.89. The van der Waals surface area contributed by atoms with Crippen LogP contribution >= 0.6 is 11.3 Å². The number of thiazole rings is 1. The Kier molecular flexibility index (Phi) is 4.90. The molecule has 6 nitrogen and oxygen atoms in total. The largest absolute Gasteiger partial charge is 0.463 e. The Labute approximate surface area is 165 Å². The lowest BCUT2D eigenvalue weighted by Crippen LogP contribution is -2.17. The van der Waals surface area contributed by atoms with Crippen LogP contribution in [0.15, 0.2) is 64.6 Å². The Balaban J connectivity index is 1.44. The number of aromatic nitrogens is 1. The molecule has 2 aromatic heterocycles. The van der Waals surface area contributed by atoms with Gasteiger partial charge in [-0.05, 0) is 23.8 Å². The third-order valence-corrected chi connectivity index (χ3v) is 5.13. The second-order valence-corrected chi connectivity index (χ2v) is 7.05. The van der Waals surface area contributed by atoms with Crippen molar-refractivity contribution >= 4 is 39.3 Å². The van der Waals surface area contributed by atoms with Crippen LogP contribution in [0.5, 0.6) is 0 Å². The molecule has 4 aromatic rings. The molecular weight excluding hydrogens is 374 g/mol. The minimum atomic E-state index is -0.249. The Bertz CT molecular complexity index is 1150. The lowest BCUT2D eigenvalue weighted by Gasteiger charge is -2.02. The molecule has 140 valence electrons. The van der Waals surface area contributed by atoms with Gasteiger partial charge in [0, 0.05) is 29.8 Å². The van der Waals surface area contributed by atoms with Gasteiger partial charge in [-0.1, -0.05) is 30.3 Å². The van der Waals surface area contributed by atoms with Crippen molar-refractivity contribution in [3.63, 3.8) is 0 Å². The molecule has 4 rings (SSSR count). The lowest BCUT2D eigenvalue weighted by molar-refractivity contribution is 0.0962. The van der Waals surface area contributed by atoms with Crippen molar-refractivity contribution in [2.24, 2.45) is 0 Å². The van der Waals surface area contributed by atoms with E-state index in [1.165, 1.54) is 17.6 Å². The van der Waals surface area contributed by atoms with Gasteiger partial charge in [0.15, 0.2) is 5.13 Å². The summed E-state index contributed by atoms with van der Waals surface area (Å²) >= 11 is 1.37. The topological polar surface area (TPSA) is 84.2 Å². The molecule has 0 aliphatic rings. The van der Waals surface area contributed by atoms with E-state index in [4.69, 9.17) is 4.42 Å². The van der Waals surface area contributed by atoms with Crippen LogP contribution in [0.4, 0.5) is 5.13 Å². The van der Waals surface area contributed by atoms with Gasteiger partial charge >= 0.3 is 0 Å². The third-order valence-electron chi connectivity index (χ3n) is 4.33. The van der Waals surface area contributed by atoms with Gasteiger partial charge in [-0.25, -0.2) is 4.98 Å². The number of para-hydroxylation sites is 1. The first-order chi connectivity index (χ1) is 13.6. The number of anilines is 1. The molecule has 0 atom stereocenters. The number of carbonyl (C=O) groups excluding carboxylic acids is 2. The first-order valence-electron chi connectivity index (χ1n) is 8.67. The minimum absolute atomic E-state index is 0.114. The van der Waals surface area contributed by atoms with E-state index in [2.05, 4.69) is 15.6 Å². The molecule has 0 bridgehead atoms. The normalized spacial score (nSPS) is 10.8. The van der Waals surface area contributed by atoms with E-state index in [-0.39, 0.29) is 11.8 Å². The minimum Gasteiger partial charge on any atom is -0.463 e. The average Bonchev–Trinajstić information content (AvgIpc) is 3.34. The lowest BCUT2D eigenvalue weighted by atomic mass is 10.1. The molecule has 2 N–H and O–H groups in total. The number of rotatable bonds is 5. The zero-order valence-corrected chi connectivity index (χ0v) is 15.9. The van der Waals surface area contributed by atoms with Gasteiger partial charge in [0.2, 0.25) is 0 Å². The number of nitrogens with one attached hydrogen (secondary N) is 2. The van der Waals surface area contributed by atoms with E-state index in [1.807, 2.05) is 41.8 Å². The van der Waals surface area contributed by atoms with E-state index < -0.39 is 0 Å². The number of nitrogens with zero attached hydrogens (tertiary/aromatic N) is 1. The van der Waals surface area contributed by atoms with Gasteiger partial charge in [-0.15, -0.1) is 11.3 Å². The van der Waals surface area contributed by atoms with Crippen LogP contribution in [-0.2, 0) is 6.42 Å². The zero-order chi connectivity index (χ0) is 19.5. The predicted octanol–water partition coefficient (Wildman–Crippen LogP) is 4.09. The predicted molar refractivity (Wildman–Crippen MR) is 109 cm³/mol. The maximum atomic E-state index is 12.5. The van der Waals surface area contributed by atoms with Gasteiger partial charge in [0.1, 0.15) is 11.8 Å². The maximum Gasteiger partial charge on any atom is 0.261 e. The summed E-state index contributed by atoms with van der Waals surface area (Å²) in [5.74, 6) is -0.363. The van der Waals surface area contributed by atoms with Gasteiger partial charge in [0.25, 0.3) is 11.8 Å². The molecule has 0 fully saturated rings. The van der Waals surface area contributed by atoms with Crippen LogP contribution in [-0.4, -0.2) is 23.8 Å². The van der Waals surface area contributed by atoms with Crippen LogP contribution in [0.3, 0.4) is 0 Å². The van der Waals surface area contributed by atoms with Crippen LogP contribution in [0.1, 0.15) is 32.0 Å². The Hall–Kier alpha value is -3.45. The third kappa shape index (κ3) is 3.65. The van der Waals surface area contributed by atoms with Crippen molar-refractivity contribution in [2.45, 2.75) is 6.42 Å². The molecule has 0 saturated heterocycles. The second-order valence-electron chi connectivity index (χ2n) is 6.20. The highest BCUT2D eigenvalue weighted by atomic mass is 32.1. The van der Waals surface area contributed by atoms with Crippen LogP contribution in [0, 0.1) is 0 Å². The summed E-state index contributed by atoms with van der Waals surface area (Å²) in [6.45, 7) is 0. The van der Waals surface area contributed by atoms with Crippen LogP contribution in [0.2, 0.25) is 0 Å². The van der Waals surface area contributed by atoms with E-state index in [0.717, 1.165) is 16.6 Å². The molecule has 7 heteroatoms. The molecule has 0 aliphatic carbocycles. The Morgan fingerprint density at radius 1 is 1.07 bits per heavy atom. The van der Waals surface area contributed by atoms with Gasteiger partial charge in [-0.3, -0.25) is 14.9 Å². The highest BCUT2D eigenvalue weighted by molar-refractivity contribution is 7.14. The summed E-state index contributed by atoms with van der Waals surface area (Å²) in [6.07, 6.45) is 2.08. The Morgan fingerprint density at radius 2 is 1.86 bits per heavy atom. The van der Waals surface area contributed by atoms with Crippen LogP contribution in [0.25, 0.3) is 11.0 Å². The number of carbonyl (C=O) groups is 2.